The Labute approximate surface area is 240 Å². The quantitative estimate of drug-likeness (QED) is 0.396. The second-order valence-electron chi connectivity index (χ2n) is 10.4. The summed E-state index contributed by atoms with van der Waals surface area (Å²) in [7, 11) is -3.91. The molecule has 2 fully saturated rings. The number of anilines is 1. The lowest BCUT2D eigenvalue weighted by Crippen LogP contribution is -2.41. The molecule has 10 heteroatoms. The summed E-state index contributed by atoms with van der Waals surface area (Å²) in [6, 6.07) is 24.9. The Morgan fingerprint density at radius 1 is 0.878 bits per heavy atom. The van der Waals surface area contributed by atoms with Gasteiger partial charge in [-0.05, 0) is 42.2 Å². The minimum Gasteiger partial charge on any atom is -0.481 e. The summed E-state index contributed by atoms with van der Waals surface area (Å²) in [6.45, 7) is 2.45. The zero-order valence-corrected chi connectivity index (χ0v) is 23.6. The maximum absolute atomic E-state index is 13.7. The molecule has 0 radical (unpaired) electrons. The van der Waals surface area contributed by atoms with Crippen molar-refractivity contribution < 1.29 is 27.9 Å². The molecule has 5 rings (SSSR count). The van der Waals surface area contributed by atoms with Crippen LogP contribution >= 0.6 is 0 Å². The van der Waals surface area contributed by atoms with Crippen molar-refractivity contribution in [2.24, 2.45) is 5.92 Å². The van der Waals surface area contributed by atoms with E-state index in [0.717, 1.165) is 11.1 Å². The van der Waals surface area contributed by atoms with E-state index in [9.17, 15) is 23.1 Å². The van der Waals surface area contributed by atoms with Gasteiger partial charge < -0.3 is 20.1 Å². The molecular weight excluding hydrogens is 542 g/mol. The van der Waals surface area contributed by atoms with Crippen molar-refractivity contribution in [1.29, 1.82) is 0 Å². The van der Waals surface area contributed by atoms with Crippen LogP contribution in [0, 0.1) is 5.92 Å². The normalized spacial score (nSPS) is 17.0. The van der Waals surface area contributed by atoms with Crippen molar-refractivity contribution in [1.82, 2.24) is 9.21 Å². The number of aliphatic carboxylic acids is 1. The van der Waals surface area contributed by atoms with Crippen molar-refractivity contribution in [2.45, 2.75) is 23.7 Å². The van der Waals surface area contributed by atoms with Gasteiger partial charge in [-0.2, -0.15) is 4.31 Å². The molecule has 2 N–H and O–H groups in total. The number of carbonyl (C=O) groups is 2. The summed E-state index contributed by atoms with van der Waals surface area (Å²) in [5.41, 5.74) is 3.09. The molecule has 41 heavy (non-hydrogen) atoms. The predicted molar refractivity (Wildman–Crippen MR) is 155 cm³/mol. The third kappa shape index (κ3) is 6.61. The second-order valence-corrected chi connectivity index (χ2v) is 12.3. The van der Waals surface area contributed by atoms with E-state index in [4.69, 9.17) is 4.74 Å². The molecule has 2 heterocycles. The van der Waals surface area contributed by atoms with E-state index >= 15 is 0 Å². The average molecular weight is 578 g/mol. The number of rotatable bonds is 9. The first-order valence-electron chi connectivity index (χ1n) is 13.9. The van der Waals surface area contributed by atoms with E-state index in [2.05, 4.69) is 29.6 Å². The number of carbonyl (C=O) groups excluding carboxylic acids is 1. The minimum absolute atomic E-state index is 0.00248. The van der Waals surface area contributed by atoms with Crippen LogP contribution in [0.25, 0.3) is 0 Å². The van der Waals surface area contributed by atoms with Crippen LogP contribution in [0.1, 0.15) is 40.2 Å². The van der Waals surface area contributed by atoms with Gasteiger partial charge in [0, 0.05) is 44.3 Å². The van der Waals surface area contributed by atoms with Crippen LogP contribution in [0.2, 0.25) is 0 Å². The first-order valence-corrected chi connectivity index (χ1v) is 15.4. The summed E-state index contributed by atoms with van der Waals surface area (Å²) in [4.78, 5) is 26.8. The fourth-order valence-corrected chi connectivity index (χ4v) is 6.95. The maximum Gasteiger partial charge on any atom is 0.306 e. The molecule has 0 spiro atoms. The lowest BCUT2D eigenvalue weighted by Gasteiger charge is -2.30. The Morgan fingerprint density at radius 3 is 2.02 bits per heavy atom. The van der Waals surface area contributed by atoms with Gasteiger partial charge in [0.25, 0.3) is 5.91 Å². The standard InChI is InChI=1S/C31H35N3O6S/c35-30(33-17-19-40-20-18-33)27-21-26(41(38,39)34-15-13-25(14-16-34)31(36)37)11-12-29(27)32-22-28(23-7-3-1-4-8-23)24-9-5-2-6-10-24/h1-12,21,25,28,32H,13-20,22H2,(H,36,37). The van der Waals surface area contributed by atoms with E-state index in [1.165, 1.54) is 16.4 Å². The number of ether oxygens (including phenoxy) is 1. The fraction of sp³-hybridized carbons (Fsp3) is 0.355. The van der Waals surface area contributed by atoms with E-state index in [-0.39, 0.29) is 48.2 Å². The summed E-state index contributed by atoms with van der Waals surface area (Å²) in [5, 5.41) is 12.8. The highest BCUT2D eigenvalue weighted by Crippen LogP contribution is 2.30. The lowest BCUT2D eigenvalue weighted by atomic mass is 9.91. The van der Waals surface area contributed by atoms with E-state index in [1.807, 2.05) is 36.4 Å². The molecule has 216 valence electrons. The lowest BCUT2D eigenvalue weighted by molar-refractivity contribution is -0.142. The van der Waals surface area contributed by atoms with E-state index < -0.39 is 21.9 Å². The van der Waals surface area contributed by atoms with E-state index in [1.54, 1.807) is 11.0 Å². The van der Waals surface area contributed by atoms with Gasteiger partial charge in [-0.1, -0.05) is 60.7 Å². The average Bonchev–Trinajstić information content (AvgIpc) is 3.02. The SMILES string of the molecule is O=C(O)C1CCN(S(=O)(=O)c2ccc(NCC(c3ccccc3)c3ccccc3)c(C(=O)N3CCOCC3)c2)CC1. The van der Waals surface area contributed by atoms with Crippen molar-refractivity contribution >= 4 is 27.6 Å². The fourth-order valence-electron chi connectivity index (χ4n) is 5.45. The zero-order chi connectivity index (χ0) is 28.8. The molecule has 2 aliphatic rings. The molecule has 2 aliphatic heterocycles. The number of amides is 1. The molecule has 0 unspecified atom stereocenters. The second kappa shape index (κ2) is 12.8. The van der Waals surface area contributed by atoms with Crippen molar-refractivity contribution in [3.63, 3.8) is 0 Å². The van der Waals surface area contributed by atoms with Crippen LogP contribution in [0.4, 0.5) is 5.69 Å². The number of carboxylic acids is 1. The monoisotopic (exact) mass is 577 g/mol. The number of hydrogen-bond donors (Lipinski definition) is 2. The molecule has 0 aromatic heterocycles. The van der Waals surface area contributed by atoms with Crippen LogP contribution in [0.5, 0.6) is 0 Å². The van der Waals surface area contributed by atoms with Gasteiger partial charge in [-0.15, -0.1) is 0 Å². The number of carboxylic acid groups (broad SMARTS) is 1. The van der Waals surface area contributed by atoms with Crippen molar-refractivity contribution in [3.8, 4) is 0 Å². The van der Waals surface area contributed by atoms with Gasteiger partial charge in [-0.25, -0.2) is 8.42 Å². The number of benzene rings is 3. The predicted octanol–water partition coefficient (Wildman–Crippen LogP) is 3.89. The topological polar surface area (TPSA) is 116 Å². The molecule has 2 saturated heterocycles. The number of nitrogens with zero attached hydrogens (tertiary/aromatic N) is 2. The van der Waals surface area contributed by atoms with Crippen LogP contribution in [0.3, 0.4) is 0 Å². The molecular formula is C31H35N3O6S. The van der Waals surface area contributed by atoms with Crippen molar-refractivity contribution in [3.05, 3.63) is 95.6 Å². The largest absolute Gasteiger partial charge is 0.481 e. The van der Waals surface area contributed by atoms with Gasteiger partial charge >= 0.3 is 5.97 Å². The number of sulfonamides is 1. The van der Waals surface area contributed by atoms with Crippen LogP contribution < -0.4 is 5.32 Å². The maximum atomic E-state index is 13.7. The molecule has 9 nitrogen and oxygen atoms in total. The Balaban J connectivity index is 1.45. The first-order chi connectivity index (χ1) is 19.8. The van der Waals surface area contributed by atoms with Gasteiger partial charge in [0.05, 0.1) is 29.6 Å². The van der Waals surface area contributed by atoms with Gasteiger partial charge in [0.15, 0.2) is 0 Å². The van der Waals surface area contributed by atoms with Gasteiger partial charge in [0.2, 0.25) is 10.0 Å². The Kier molecular flexibility index (Phi) is 9.02. The molecule has 0 bridgehead atoms. The molecule has 0 saturated carbocycles. The Bertz CT molecular complexity index is 1410. The van der Waals surface area contributed by atoms with Crippen molar-refractivity contribution in [2.75, 3.05) is 51.3 Å². The highest BCUT2D eigenvalue weighted by atomic mass is 32.2. The van der Waals surface area contributed by atoms with Crippen LogP contribution in [-0.4, -0.2) is 80.5 Å². The summed E-state index contributed by atoms with van der Waals surface area (Å²) in [5.74, 6) is -1.70. The van der Waals surface area contributed by atoms with Gasteiger partial charge in [0.1, 0.15) is 0 Å². The molecule has 1 amide bonds. The first kappa shape index (κ1) is 28.8. The molecule has 3 aromatic rings. The summed E-state index contributed by atoms with van der Waals surface area (Å²) in [6.07, 6.45) is 0.516. The third-order valence-corrected chi connectivity index (χ3v) is 9.76. The highest BCUT2D eigenvalue weighted by molar-refractivity contribution is 7.89. The van der Waals surface area contributed by atoms with E-state index in [0.29, 0.717) is 38.5 Å². The smallest absolute Gasteiger partial charge is 0.306 e. The number of piperidine rings is 1. The highest BCUT2D eigenvalue weighted by Gasteiger charge is 2.33. The summed E-state index contributed by atoms with van der Waals surface area (Å²) < 4.78 is 33.9. The Morgan fingerprint density at radius 2 is 1.46 bits per heavy atom. The molecule has 3 aromatic carbocycles. The number of morpholine rings is 1. The third-order valence-electron chi connectivity index (χ3n) is 7.86. The van der Waals surface area contributed by atoms with Crippen LogP contribution in [-0.2, 0) is 19.6 Å². The molecule has 0 aliphatic carbocycles. The van der Waals surface area contributed by atoms with Gasteiger partial charge in [-0.3, -0.25) is 9.59 Å². The Hall–Kier alpha value is -3.73. The number of hydrogen-bond acceptors (Lipinski definition) is 6. The zero-order valence-electron chi connectivity index (χ0n) is 22.8. The number of nitrogens with one attached hydrogen (secondary N) is 1. The summed E-state index contributed by atoms with van der Waals surface area (Å²) >= 11 is 0. The minimum atomic E-state index is -3.91. The molecule has 0 atom stereocenters. The van der Waals surface area contributed by atoms with Crippen LogP contribution in [0.15, 0.2) is 83.8 Å².